The highest BCUT2D eigenvalue weighted by molar-refractivity contribution is 8.03. The topological polar surface area (TPSA) is 129 Å². The first-order valence-electron chi connectivity index (χ1n) is 16.1. The maximum Gasteiger partial charge on any atom is 0.376 e. The summed E-state index contributed by atoms with van der Waals surface area (Å²) in [5.74, 6) is -0.308. The van der Waals surface area contributed by atoms with Crippen molar-refractivity contribution in [3.05, 3.63) is 107 Å². The summed E-state index contributed by atoms with van der Waals surface area (Å²) in [7, 11) is -8.34. The number of nitrogens with zero attached hydrogens (tertiary/aromatic N) is 2. The number of aromatic nitrogens is 1. The zero-order valence-electron chi connectivity index (χ0n) is 26.9. The van der Waals surface area contributed by atoms with Crippen LogP contribution in [0.1, 0.15) is 18.7 Å². The molecule has 51 heavy (non-hydrogen) atoms. The lowest BCUT2D eigenvalue weighted by Gasteiger charge is -2.20. The van der Waals surface area contributed by atoms with E-state index in [0.717, 1.165) is 54.2 Å². The SMILES string of the molecule is O=S(=O)(O)CCCN1/C(=C/c2oc3ccc(-c4csc5ccccc45)cc3[n+]2CCCS(=O)(=O)O)Sc2ccc(-c3csc4ccccc34)cc21. The minimum absolute atomic E-state index is 0.156. The minimum atomic E-state index is -4.18. The van der Waals surface area contributed by atoms with Gasteiger partial charge in [-0.2, -0.15) is 21.4 Å². The van der Waals surface area contributed by atoms with Gasteiger partial charge in [-0.1, -0.05) is 60.3 Å². The largest absolute Gasteiger partial charge is 0.398 e. The highest BCUT2D eigenvalue weighted by atomic mass is 32.2. The van der Waals surface area contributed by atoms with Crippen LogP contribution in [0.4, 0.5) is 5.69 Å². The summed E-state index contributed by atoms with van der Waals surface area (Å²) in [6, 6.07) is 28.7. The fraction of sp³-hybridized carbons (Fsp3) is 0.162. The van der Waals surface area contributed by atoms with E-state index in [9.17, 15) is 25.9 Å². The molecule has 3 aromatic heterocycles. The standard InChI is InChI=1S/C37H30N2O7S5/c40-50(41,42)17-5-15-38-30-19-24(28-22-47-33-9-3-1-7-26(28)33)11-13-32(30)46-36(38)21-37-39(16-6-18-51(43,44)45)31-20-25(12-14-35(31)49-37)29-23-48-34-10-4-2-8-27(29)34/h1-4,7-14,19-23H,5-6,15-18H2,(H-,40,41,42,43,44,45)/p+1. The molecule has 0 fully saturated rings. The molecule has 1 aliphatic heterocycles. The van der Waals surface area contributed by atoms with Gasteiger partial charge in [-0.15, -0.1) is 22.7 Å². The molecule has 2 N–H and O–H groups in total. The summed E-state index contributed by atoms with van der Waals surface area (Å²) >= 11 is 4.88. The maximum absolute atomic E-state index is 11.7. The van der Waals surface area contributed by atoms with Gasteiger partial charge in [0.05, 0.1) is 28.3 Å². The Kier molecular flexibility index (Phi) is 9.03. The fourth-order valence-electron chi connectivity index (χ4n) is 6.53. The van der Waals surface area contributed by atoms with Gasteiger partial charge < -0.3 is 9.32 Å². The summed E-state index contributed by atoms with van der Waals surface area (Å²) in [5.41, 5.74) is 6.52. The second-order valence-corrected chi connectivity index (χ2v) is 18.3. The van der Waals surface area contributed by atoms with Gasteiger partial charge in [0.1, 0.15) is 0 Å². The van der Waals surface area contributed by atoms with Gasteiger partial charge in [-0.05, 0) is 58.6 Å². The Balaban J connectivity index is 1.22. The summed E-state index contributed by atoms with van der Waals surface area (Å²) in [6.07, 6.45) is 2.24. The zero-order chi connectivity index (χ0) is 35.3. The number of thioether (sulfide) groups is 1. The number of oxazole rings is 1. The lowest BCUT2D eigenvalue weighted by atomic mass is 10.0. The van der Waals surface area contributed by atoms with E-state index in [1.54, 1.807) is 22.7 Å². The van der Waals surface area contributed by atoms with Crippen molar-refractivity contribution < 1.29 is 34.9 Å². The number of anilines is 1. The highest BCUT2D eigenvalue weighted by Crippen LogP contribution is 2.49. The van der Waals surface area contributed by atoms with Crippen LogP contribution in [-0.4, -0.2) is 44.0 Å². The van der Waals surface area contributed by atoms with Crippen molar-refractivity contribution in [1.82, 2.24) is 0 Å². The molecule has 14 heteroatoms. The zero-order valence-corrected chi connectivity index (χ0v) is 31.0. The molecule has 4 aromatic carbocycles. The molecule has 0 amide bonds. The molecular weight excluding hydrogens is 745 g/mol. The molecule has 0 spiro atoms. The third-order valence-corrected chi connectivity index (χ3v) is 13.5. The molecule has 0 atom stereocenters. The van der Waals surface area contributed by atoms with Gasteiger partial charge >= 0.3 is 5.89 Å². The molecule has 4 heterocycles. The molecule has 0 radical (unpaired) electrons. The van der Waals surface area contributed by atoms with Crippen LogP contribution in [-0.2, 0) is 26.8 Å². The minimum Gasteiger partial charge on any atom is -0.398 e. The lowest BCUT2D eigenvalue weighted by molar-refractivity contribution is -0.677. The Morgan fingerprint density at radius 3 is 2.02 bits per heavy atom. The van der Waals surface area contributed by atoms with Crippen molar-refractivity contribution in [2.45, 2.75) is 24.3 Å². The van der Waals surface area contributed by atoms with Crippen LogP contribution in [0.5, 0.6) is 0 Å². The van der Waals surface area contributed by atoms with Crippen molar-refractivity contribution >= 4 is 97.7 Å². The second-order valence-electron chi connectivity index (χ2n) is 12.3. The normalized spacial score (nSPS) is 14.4. The van der Waals surface area contributed by atoms with Gasteiger partial charge in [0.15, 0.2) is 6.54 Å². The molecule has 8 rings (SSSR count). The second kappa shape index (κ2) is 13.5. The number of hydrogen-bond donors (Lipinski definition) is 2. The predicted octanol–water partition coefficient (Wildman–Crippen LogP) is 8.95. The number of benzene rings is 4. The Labute approximate surface area is 307 Å². The van der Waals surface area contributed by atoms with Crippen LogP contribution in [0.25, 0.3) is 59.6 Å². The number of aryl methyl sites for hydroxylation is 1. The van der Waals surface area contributed by atoms with Crippen LogP contribution < -0.4 is 9.47 Å². The summed E-state index contributed by atoms with van der Waals surface area (Å²) in [5, 5.41) is 7.36. The van der Waals surface area contributed by atoms with E-state index in [2.05, 4.69) is 53.2 Å². The fourth-order valence-corrected chi connectivity index (χ4v) is 10.6. The monoisotopic (exact) mass is 775 g/mol. The molecule has 260 valence electrons. The van der Waals surface area contributed by atoms with E-state index >= 15 is 0 Å². The van der Waals surface area contributed by atoms with Crippen LogP contribution in [0, 0.1) is 0 Å². The molecule has 9 nitrogen and oxygen atoms in total. The average Bonchev–Trinajstić information content (AvgIpc) is 3.87. The summed E-state index contributed by atoms with van der Waals surface area (Å²) < 4.78 is 76.5. The molecule has 1 aliphatic rings. The lowest BCUT2D eigenvalue weighted by Crippen LogP contribution is -2.36. The van der Waals surface area contributed by atoms with Crippen LogP contribution in [0.15, 0.2) is 110 Å². The summed E-state index contributed by atoms with van der Waals surface area (Å²) in [6.45, 7) is 0.577. The number of thiophene rings is 2. The number of fused-ring (bicyclic) bond motifs is 4. The summed E-state index contributed by atoms with van der Waals surface area (Å²) in [4.78, 5) is 3.03. The van der Waals surface area contributed by atoms with E-state index in [1.165, 1.54) is 21.2 Å². The van der Waals surface area contributed by atoms with Gasteiger partial charge in [0.2, 0.25) is 5.58 Å². The van der Waals surface area contributed by atoms with Gasteiger partial charge in [0, 0.05) is 55.2 Å². The van der Waals surface area contributed by atoms with E-state index in [0.29, 0.717) is 18.0 Å². The third-order valence-electron chi connectivity index (χ3n) is 8.86. The Hall–Kier alpha value is -4.02. The van der Waals surface area contributed by atoms with Crippen molar-refractivity contribution in [3.63, 3.8) is 0 Å². The van der Waals surface area contributed by atoms with Crippen molar-refractivity contribution in [2.75, 3.05) is 23.0 Å². The van der Waals surface area contributed by atoms with Crippen molar-refractivity contribution in [3.8, 4) is 22.3 Å². The molecule has 0 aliphatic carbocycles. The highest BCUT2D eigenvalue weighted by Gasteiger charge is 2.30. The van der Waals surface area contributed by atoms with Gasteiger partial charge in [-0.25, -0.2) is 0 Å². The third kappa shape index (κ3) is 7.09. The smallest absolute Gasteiger partial charge is 0.376 e. The molecular formula is C37H31N2O7S5+. The number of rotatable bonds is 11. The Morgan fingerprint density at radius 1 is 0.745 bits per heavy atom. The Bertz CT molecular complexity index is 2710. The first-order chi connectivity index (χ1) is 24.5. The van der Waals surface area contributed by atoms with Gasteiger partial charge in [-0.3, -0.25) is 9.11 Å². The molecule has 0 saturated heterocycles. The van der Waals surface area contributed by atoms with E-state index < -0.39 is 26.0 Å². The van der Waals surface area contributed by atoms with E-state index in [-0.39, 0.29) is 25.1 Å². The van der Waals surface area contributed by atoms with Crippen LogP contribution in [0.3, 0.4) is 0 Å². The maximum atomic E-state index is 11.7. The molecule has 0 unspecified atom stereocenters. The van der Waals surface area contributed by atoms with E-state index in [1.807, 2.05) is 58.0 Å². The average molecular weight is 776 g/mol. The van der Waals surface area contributed by atoms with Crippen molar-refractivity contribution in [1.29, 1.82) is 0 Å². The first-order valence-corrected chi connectivity index (χ1v) is 21.9. The molecule has 0 bridgehead atoms. The van der Waals surface area contributed by atoms with Gasteiger partial charge in [0.25, 0.3) is 25.8 Å². The number of hydrogen-bond acceptors (Lipinski definition) is 9. The Morgan fingerprint density at radius 2 is 1.35 bits per heavy atom. The molecule has 7 aromatic rings. The molecule has 0 saturated carbocycles. The van der Waals surface area contributed by atoms with Crippen LogP contribution in [0.2, 0.25) is 0 Å². The van der Waals surface area contributed by atoms with Crippen LogP contribution >= 0.6 is 34.4 Å². The van der Waals surface area contributed by atoms with Crippen molar-refractivity contribution in [2.24, 2.45) is 0 Å². The van der Waals surface area contributed by atoms with E-state index in [4.69, 9.17) is 4.42 Å². The predicted molar refractivity (Wildman–Crippen MR) is 208 cm³/mol. The first kappa shape index (κ1) is 34.1. The quantitative estimate of drug-likeness (QED) is 0.0978.